The number of para-hydroxylation sites is 2. The highest BCUT2D eigenvalue weighted by molar-refractivity contribution is 9.10. The van der Waals surface area contributed by atoms with Crippen LogP contribution >= 0.6 is 27.3 Å². The average Bonchev–Trinajstić information content (AvgIpc) is 3.26. The average molecular weight is 648 g/mol. The predicted molar refractivity (Wildman–Crippen MR) is 168 cm³/mol. The van der Waals surface area contributed by atoms with E-state index in [9.17, 15) is 9.59 Å². The number of carbonyl (C=O) groups is 1. The van der Waals surface area contributed by atoms with E-state index in [4.69, 9.17) is 14.2 Å². The standard InChI is InChI=1S/C33H31BrN2O5S/c1-5-39-32(38)29-21(4)35-33-36(30(29)25-11-7-9-13-27(25)41-20(2)3)31(37)28(42-33)18-23-10-6-8-12-26(23)40-19-22-14-16-24(34)17-15-22/h6-18,20,30H,5,19H2,1-4H3/b28-18+/t30-/m0/s1. The monoisotopic (exact) mass is 646 g/mol. The molecule has 7 nitrogen and oxygen atoms in total. The number of aromatic nitrogens is 1. The molecule has 0 saturated carbocycles. The van der Waals surface area contributed by atoms with Gasteiger partial charge in [0.05, 0.1) is 28.5 Å². The van der Waals surface area contributed by atoms with E-state index in [1.54, 1.807) is 18.4 Å². The Labute approximate surface area is 256 Å². The van der Waals surface area contributed by atoms with E-state index < -0.39 is 12.0 Å². The lowest BCUT2D eigenvalue weighted by Gasteiger charge is -2.26. The van der Waals surface area contributed by atoms with Crippen molar-refractivity contribution >= 4 is 39.3 Å². The minimum Gasteiger partial charge on any atom is -0.491 e. The molecule has 0 N–H and O–H groups in total. The first-order chi connectivity index (χ1) is 20.3. The molecular weight excluding hydrogens is 616 g/mol. The molecule has 0 fully saturated rings. The summed E-state index contributed by atoms with van der Waals surface area (Å²) >= 11 is 4.73. The summed E-state index contributed by atoms with van der Waals surface area (Å²) in [6, 6.07) is 22.2. The molecule has 1 atom stereocenters. The quantitative estimate of drug-likeness (QED) is 0.211. The SMILES string of the molecule is CCOC(=O)C1=C(C)N=c2s/c(=C/c3ccccc3OCc3ccc(Br)cc3)c(=O)n2[C@H]1c1ccccc1OC(C)C. The maximum atomic E-state index is 14.1. The minimum atomic E-state index is -0.763. The van der Waals surface area contributed by atoms with Crippen LogP contribution in [0.5, 0.6) is 11.5 Å². The number of ether oxygens (including phenoxy) is 3. The van der Waals surface area contributed by atoms with Crippen LogP contribution in [0.2, 0.25) is 0 Å². The molecule has 5 rings (SSSR count). The lowest BCUT2D eigenvalue weighted by molar-refractivity contribution is -0.139. The van der Waals surface area contributed by atoms with Crippen LogP contribution < -0.4 is 24.4 Å². The molecule has 4 aromatic rings. The van der Waals surface area contributed by atoms with Crippen molar-refractivity contribution in [3.8, 4) is 11.5 Å². The fourth-order valence-electron chi connectivity index (χ4n) is 4.77. The molecule has 0 saturated heterocycles. The van der Waals surface area contributed by atoms with E-state index in [0.717, 1.165) is 15.6 Å². The van der Waals surface area contributed by atoms with Gasteiger partial charge in [-0.1, -0.05) is 75.8 Å². The van der Waals surface area contributed by atoms with Gasteiger partial charge in [-0.05, 0) is 63.6 Å². The highest BCUT2D eigenvalue weighted by Crippen LogP contribution is 2.36. The van der Waals surface area contributed by atoms with Crippen LogP contribution in [0.15, 0.2) is 98.3 Å². The van der Waals surface area contributed by atoms with Crippen molar-refractivity contribution < 1.29 is 19.0 Å². The minimum absolute atomic E-state index is 0.105. The number of nitrogens with zero attached hydrogens (tertiary/aromatic N) is 2. The number of halogens is 1. The fourth-order valence-corrected chi connectivity index (χ4v) is 6.07. The molecule has 0 spiro atoms. The second-order valence-electron chi connectivity index (χ2n) is 9.96. The van der Waals surface area contributed by atoms with Gasteiger partial charge in [0.25, 0.3) is 5.56 Å². The van der Waals surface area contributed by atoms with Gasteiger partial charge in [0.15, 0.2) is 4.80 Å². The molecule has 1 aliphatic rings. The van der Waals surface area contributed by atoms with Crippen LogP contribution in [0, 0.1) is 0 Å². The van der Waals surface area contributed by atoms with Gasteiger partial charge < -0.3 is 14.2 Å². The van der Waals surface area contributed by atoms with Crippen molar-refractivity contribution in [3.63, 3.8) is 0 Å². The zero-order valence-corrected chi connectivity index (χ0v) is 26.2. The molecule has 0 unspecified atom stereocenters. The first-order valence-electron chi connectivity index (χ1n) is 13.7. The molecule has 0 amide bonds. The Hall–Kier alpha value is -3.95. The lowest BCUT2D eigenvalue weighted by Crippen LogP contribution is -2.40. The number of fused-ring (bicyclic) bond motifs is 1. The first kappa shape index (κ1) is 29.5. The number of allylic oxidation sites excluding steroid dienone is 1. The van der Waals surface area contributed by atoms with Crippen molar-refractivity contribution in [2.75, 3.05) is 6.61 Å². The van der Waals surface area contributed by atoms with Crippen molar-refractivity contribution in [3.05, 3.63) is 125 Å². The van der Waals surface area contributed by atoms with E-state index in [1.165, 1.54) is 11.3 Å². The Morgan fingerprint density at radius 1 is 1.05 bits per heavy atom. The van der Waals surface area contributed by atoms with Gasteiger partial charge in [0.1, 0.15) is 24.1 Å². The largest absolute Gasteiger partial charge is 0.491 e. The Morgan fingerprint density at radius 2 is 1.74 bits per heavy atom. The zero-order chi connectivity index (χ0) is 29.8. The van der Waals surface area contributed by atoms with E-state index in [2.05, 4.69) is 20.9 Å². The molecule has 0 bridgehead atoms. The van der Waals surface area contributed by atoms with Crippen LogP contribution in [0.25, 0.3) is 6.08 Å². The topological polar surface area (TPSA) is 79.1 Å². The van der Waals surface area contributed by atoms with Crippen LogP contribution in [-0.2, 0) is 16.1 Å². The zero-order valence-electron chi connectivity index (χ0n) is 23.8. The summed E-state index contributed by atoms with van der Waals surface area (Å²) in [6.07, 6.45) is 1.71. The number of hydrogen-bond acceptors (Lipinski definition) is 7. The summed E-state index contributed by atoms with van der Waals surface area (Å²) in [5.74, 6) is 0.737. The fraction of sp³-hybridized carbons (Fsp3) is 0.242. The number of carbonyl (C=O) groups excluding carboxylic acids is 1. The van der Waals surface area contributed by atoms with Crippen LogP contribution in [-0.4, -0.2) is 23.2 Å². The maximum absolute atomic E-state index is 14.1. The lowest BCUT2D eigenvalue weighted by atomic mass is 9.95. The second-order valence-corrected chi connectivity index (χ2v) is 11.9. The third kappa shape index (κ3) is 6.27. The van der Waals surface area contributed by atoms with Gasteiger partial charge in [-0.15, -0.1) is 0 Å². The number of rotatable bonds is 9. The molecule has 3 aromatic carbocycles. The molecule has 0 aliphatic carbocycles. The third-order valence-electron chi connectivity index (χ3n) is 6.61. The van der Waals surface area contributed by atoms with E-state index in [-0.39, 0.29) is 18.3 Å². The van der Waals surface area contributed by atoms with Gasteiger partial charge in [-0.25, -0.2) is 9.79 Å². The molecule has 0 radical (unpaired) electrons. The van der Waals surface area contributed by atoms with Crippen molar-refractivity contribution in [1.82, 2.24) is 4.57 Å². The van der Waals surface area contributed by atoms with Crippen LogP contribution in [0.3, 0.4) is 0 Å². The number of hydrogen-bond donors (Lipinski definition) is 0. The van der Waals surface area contributed by atoms with Crippen LogP contribution in [0.4, 0.5) is 0 Å². The van der Waals surface area contributed by atoms with Gasteiger partial charge in [0, 0.05) is 15.6 Å². The second kappa shape index (κ2) is 12.9. The third-order valence-corrected chi connectivity index (χ3v) is 8.12. The summed E-state index contributed by atoms with van der Waals surface area (Å²) in [5, 5.41) is 0. The molecule has 2 heterocycles. The first-order valence-corrected chi connectivity index (χ1v) is 15.3. The smallest absolute Gasteiger partial charge is 0.338 e. The highest BCUT2D eigenvalue weighted by atomic mass is 79.9. The molecule has 1 aromatic heterocycles. The number of esters is 1. The van der Waals surface area contributed by atoms with Crippen molar-refractivity contribution in [2.45, 2.75) is 46.4 Å². The molecular formula is C33H31BrN2O5S. The Bertz CT molecular complexity index is 1820. The maximum Gasteiger partial charge on any atom is 0.338 e. The summed E-state index contributed by atoms with van der Waals surface area (Å²) in [5.41, 5.74) is 3.03. The normalized spacial score (nSPS) is 14.9. The number of benzene rings is 3. The Morgan fingerprint density at radius 3 is 2.45 bits per heavy atom. The summed E-state index contributed by atoms with van der Waals surface area (Å²) in [6.45, 7) is 7.98. The van der Waals surface area contributed by atoms with E-state index in [1.807, 2.05) is 92.7 Å². The predicted octanol–water partition coefficient (Wildman–Crippen LogP) is 5.93. The van der Waals surface area contributed by atoms with Gasteiger partial charge in [-0.3, -0.25) is 9.36 Å². The summed E-state index contributed by atoms with van der Waals surface area (Å²) in [7, 11) is 0. The summed E-state index contributed by atoms with van der Waals surface area (Å²) < 4.78 is 20.7. The van der Waals surface area contributed by atoms with Crippen molar-refractivity contribution in [1.29, 1.82) is 0 Å². The summed E-state index contributed by atoms with van der Waals surface area (Å²) in [4.78, 5) is 32.6. The molecule has 42 heavy (non-hydrogen) atoms. The van der Waals surface area contributed by atoms with Gasteiger partial charge in [-0.2, -0.15) is 0 Å². The molecule has 216 valence electrons. The van der Waals surface area contributed by atoms with E-state index in [0.29, 0.717) is 44.3 Å². The van der Waals surface area contributed by atoms with Crippen LogP contribution in [0.1, 0.15) is 50.4 Å². The molecule has 1 aliphatic heterocycles. The van der Waals surface area contributed by atoms with Crippen molar-refractivity contribution in [2.24, 2.45) is 4.99 Å². The highest BCUT2D eigenvalue weighted by Gasteiger charge is 2.35. The van der Waals surface area contributed by atoms with Gasteiger partial charge in [0.2, 0.25) is 0 Å². The Kier molecular flexibility index (Phi) is 9.09. The van der Waals surface area contributed by atoms with E-state index >= 15 is 0 Å². The van der Waals surface area contributed by atoms with Gasteiger partial charge >= 0.3 is 5.97 Å². The Balaban J connectivity index is 1.62. The molecule has 9 heteroatoms. The number of thiazole rings is 1.